The number of rotatable bonds is 5. The quantitative estimate of drug-likeness (QED) is 0.184. The number of pyridine rings is 1. The predicted octanol–water partition coefficient (Wildman–Crippen LogP) is 12.1. The Kier molecular flexibility index (Phi) is 6.84. The minimum absolute atomic E-state index is 0.589. The van der Waals surface area contributed by atoms with Crippen LogP contribution in [0.2, 0.25) is 0 Å². The maximum atomic E-state index is 10.7. The zero-order valence-corrected chi connectivity index (χ0v) is 28.1. The van der Waals surface area contributed by atoms with Crippen LogP contribution in [0, 0.1) is 11.3 Å². The third kappa shape index (κ3) is 4.65. The van der Waals surface area contributed by atoms with Gasteiger partial charge in [-0.3, -0.25) is 4.98 Å². The van der Waals surface area contributed by atoms with Crippen molar-refractivity contribution in [3.8, 4) is 50.8 Å². The van der Waals surface area contributed by atoms with Crippen LogP contribution in [0.1, 0.15) is 5.56 Å². The smallest absolute Gasteiger partial charge is 0.0999 e. The SMILES string of the molecule is N#Cc1cc(-n2c3ccccc3c3cc(-c4ccccc4)ccc32)c(-n2c3ccccc3c3cc(-c4ccccc4)ccc32)cc1-c1cccnc1. The molecule has 10 rings (SSSR count). The van der Waals surface area contributed by atoms with Crippen molar-refractivity contribution in [1.82, 2.24) is 14.1 Å². The Morgan fingerprint density at radius 2 is 0.885 bits per heavy atom. The zero-order chi connectivity index (χ0) is 34.6. The van der Waals surface area contributed by atoms with Gasteiger partial charge in [-0.2, -0.15) is 5.26 Å². The number of fused-ring (bicyclic) bond motifs is 6. The van der Waals surface area contributed by atoms with Crippen LogP contribution < -0.4 is 0 Å². The Hall–Kier alpha value is -7.22. The highest BCUT2D eigenvalue weighted by Gasteiger charge is 2.22. The third-order valence-corrected chi connectivity index (χ3v) is 10.2. The van der Waals surface area contributed by atoms with Crippen LogP contribution in [-0.4, -0.2) is 14.1 Å². The van der Waals surface area contributed by atoms with Gasteiger partial charge in [0.15, 0.2) is 0 Å². The highest BCUT2D eigenvalue weighted by atomic mass is 15.1. The van der Waals surface area contributed by atoms with Crippen LogP contribution in [-0.2, 0) is 0 Å². The minimum Gasteiger partial charge on any atom is -0.307 e. The van der Waals surface area contributed by atoms with Crippen LogP contribution in [0.15, 0.2) is 182 Å². The largest absolute Gasteiger partial charge is 0.307 e. The zero-order valence-electron chi connectivity index (χ0n) is 28.1. The third-order valence-electron chi connectivity index (χ3n) is 10.2. The van der Waals surface area contributed by atoms with Gasteiger partial charge in [-0.15, -0.1) is 0 Å². The van der Waals surface area contributed by atoms with Crippen LogP contribution >= 0.6 is 0 Å². The number of nitriles is 1. The summed E-state index contributed by atoms with van der Waals surface area (Å²) in [4.78, 5) is 4.43. The van der Waals surface area contributed by atoms with Crippen LogP contribution in [0.3, 0.4) is 0 Å². The molecule has 242 valence electrons. The summed E-state index contributed by atoms with van der Waals surface area (Å²) >= 11 is 0. The molecular weight excluding hydrogens is 633 g/mol. The van der Waals surface area contributed by atoms with E-state index in [0.29, 0.717) is 5.56 Å². The van der Waals surface area contributed by atoms with Crippen LogP contribution in [0.4, 0.5) is 0 Å². The molecule has 4 heteroatoms. The number of hydrogen-bond acceptors (Lipinski definition) is 2. The molecule has 10 aromatic rings. The Bertz CT molecular complexity index is 3000. The molecule has 7 aromatic carbocycles. The second-order valence-corrected chi connectivity index (χ2v) is 13.1. The Morgan fingerprint density at radius 3 is 1.40 bits per heavy atom. The summed E-state index contributed by atoms with van der Waals surface area (Å²) in [5, 5.41) is 15.4. The summed E-state index contributed by atoms with van der Waals surface area (Å²) in [7, 11) is 0. The fraction of sp³-hybridized carbons (Fsp3) is 0. The van der Waals surface area contributed by atoms with E-state index in [1.807, 2.05) is 18.3 Å². The first kappa shape index (κ1) is 29.7. The second-order valence-electron chi connectivity index (χ2n) is 13.1. The predicted molar refractivity (Wildman–Crippen MR) is 214 cm³/mol. The normalized spacial score (nSPS) is 11.4. The first-order valence-electron chi connectivity index (χ1n) is 17.4. The monoisotopic (exact) mass is 662 g/mol. The van der Waals surface area contributed by atoms with E-state index in [1.165, 1.54) is 27.5 Å². The lowest BCUT2D eigenvalue weighted by atomic mass is 9.99. The van der Waals surface area contributed by atoms with Crippen molar-refractivity contribution in [2.24, 2.45) is 0 Å². The fourth-order valence-corrected chi connectivity index (χ4v) is 7.87. The molecule has 0 aliphatic heterocycles. The summed E-state index contributed by atoms with van der Waals surface area (Å²) in [6.07, 6.45) is 3.60. The summed E-state index contributed by atoms with van der Waals surface area (Å²) in [6, 6.07) is 62.5. The van der Waals surface area contributed by atoms with Crippen molar-refractivity contribution in [3.05, 3.63) is 188 Å². The van der Waals surface area contributed by atoms with Crippen molar-refractivity contribution in [2.75, 3.05) is 0 Å². The molecule has 0 N–H and O–H groups in total. The Labute approximate surface area is 300 Å². The van der Waals surface area contributed by atoms with E-state index in [-0.39, 0.29) is 0 Å². The van der Waals surface area contributed by atoms with Crippen LogP contribution in [0.25, 0.3) is 88.4 Å². The molecule has 52 heavy (non-hydrogen) atoms. The molecule has 0 fully saturated rings. The second kappa shape index (κ2) is 12.0. The lowest BCUT2D eigenvalue weighted by Gasteiger charge is -2.19. The van der Waals surface area contributed by atoms with Gasteiger partial charge in [0, 0.05) is 45.1 Å². The molecule has 0 spiro atoms. The minimum atomic E-state index is 0.589. The molecule has 0 atom stereocenters. The molecule has 0 bridgehead atoms. The van der Waals surface area contributed by atoms with Gasteiger partial charge in [0.2, 0.25) is 0 Å². The number of aromatic nitrogens is 3. The van der Waals surface area contributed by atoms with Crippen molar-refractivity contribution in [1.29, 1.82) is 5.26 Å². The van der Waals surface area contributed by atoms with Crippen molar-refractivity contribution in [3.63, 3.8) is 0 Å². The molecule has 0 unspecified atom stereocenters. The lowest BCUT2D eigenvalue weighted by Crippen LogP contribution is -2.05. The van der Waals surface area contributed by atoms with E-state index in [0.717, 1.165) is 60.9 Å². The van der Waals surface area contributed by atoms with Gasteiger partial charge in [-0.05, 0) is 76.9 Å². The first-order chi connectivity index (χ1) is 25.8. The first-order valence-corrected chi connectivity index (χ1v) is 17.4. The summed E-state index contributed by atoms with van der Waals surface area (Å²) in [5.74, 6) is 0. The maximum Gasteiger partial charge on any atom is 0.0999 e. The highest BCUT2D eigenvalue weighted by Crippen LogP contribution is 2.42. The number of benzene rings is 7. The standard InChI is InChI=1S/C48H30N4/c49-30-37-28-47(51-43-19-9-7-17-38(43)41-26-34(21-23-45(41)51)32-12-3-1-4-13-32)48(29-40(37)36-16-11-25-50-31-36)52-44-20-10-8-18-39(44)42-27-35(22-24-46(42)52)33-14-5-2-6-15-33/h1-29,31H. The summed E-state index contributed by atoms with van der Waals surface area (Å²) < 4.78 is 4.70. The van der Waals surface area contributed by atoms with Gasteiger partial charge in [0.05, 0.1) is 45.1 Å². The van der Waals surface area contributed by atoms with E-state index in [2.05, 4.69) is 178 Å². The van der Waals surface area contributed by atoms with Crippen molar-refractivity contribution >= 4 is 43.6 Å². The van der Waals surface area contributed by atoms with E-state index < -0.39 is 0 Å². The van der Waals surface area contributed by atoms with Crippen LogP contribution in [0.5, 0.6) is 0 Å². The topological polar surface area (TPSA) is 46.5 Å². The van der Waals surface area contributed by atoms with Gasteiger partial charge in [-0.1, -0.05) is 115 Å². The molecule has 0 saturated heterocycles. The molecule has 0 amide bonds. The maximum absolute atomic E-state index is 10.7. The molecule has 0 saturated carbocycles. The number of hydrogen-bond donors (Lipinski definition) is 0. The molecule has 0 radical (unpaired) electrons. The van der Waals surface area contributed by atoms with E-state index in [9.17, 15) is 5.26 Å². The van der Waals surface area contributed by atoms with Gasteiger partial charge in [0.1, 0.15) is 0 Å². The van der Waals surface area contributed by atoms with Gasteiger partial charge in [0.25, 0.3) is 0 Å². The lowest BCUT2D eigenvalue weighted by molar-refractivity contribution is 1.09. The fourth-order valence-electron chi connectivity index (χ4n) is 7.87. The average molecular weight is 663 g/mol. The molecule has 0 aliphatic rings. The van der Waals surface area contributed by atoms with Crippen molar-refractivity contribution < 1.29 is 0 Å². The van der Waals surface area contributed by atoms with Crippen molar-refractivity contribution in [2.45, 2.75) is 0 Å². The average Bonchev–Trinajstić information content (AvgIpc) is 3.73. The van der Waals surface area contributed by atoms with E-state index >= 15 is 0 Å². The molecule has 3 aromatic heterocycles. The Balaban J connectivity index is 1.33. The summed E-state index contributed by atoms with van der Waals surface area (Å²) in [6.45, 7) is 0. The van der Waals surface area contributed by atoms with E-state index in [1.54, 1.807) is 6.20 Å². The van der Waals surface area contributed by atoms with Gasteiger partial charge < -0.3 is 9.13 Å². The van der Waals surface area contributed by atoms with Gasteiger partial charge in [-0.25, -0.2) is 0 Å². The highest BCUT2D eigenvalue weighted by molar-refractivity contribution is 6.13. The molecular formula is C48H30N4. The Morgan fingerprint density at radius 1 is 0.404 bits per heavy atom. The molecule has 4 nitrogen and oxygen atoms in total. The molecule has 3 heterocycles. The molecule has 0 aliphatic carbocycles. The summed E-state index contributed by atoms with van der Waals surface area (Å²) in [5.41, 5.74) is 13.3. The van der Waals surface area contributed by atoms with E-state index in [4.69, 9.17) is 0 Å². The van der Waals surface area contributed by atoms with Gasteiger partial charge >= 0.3 is 0 Å². The number of para-hydroxylation sites is 2. The number of nitrogens with zero attached hydrogens (tertiary/aromatic N) is 4.